The molecule has 8 nitrogen and oxygen atoms in total. The van der Waals surface area contributed by atoms with Crippen molar-refractivity contribution >= 4 is 34.3 Å². The van der Waals surface area contributed by atoms with Crippen LogP contribution in [0.15, 0.2) is 40.1 Å². The molecule has 9 heteroatoms. The van der Waals surface area contributed by atoms with Crippen LogP contribution in [0.4, 0.5) is 0 Å². The summed E-state index contributed by atoms with van der Waals surface area (Å²) in [5.74, 6) is 0.324. The Morgan fingerprint density at radius 1 is 1.11 bits per heavy atom. The predicted molar refractivity (Wildman–Crippen MR) is 102 cm³/mol. The first kappa shape index (κ1) is 17.3. The molecule has 0 radical (unpaired) electrons. The summed E-state index contributed by atoms with van der Waals surface area (Å²) in [6.45, 7) is 1.89. The molecule has 138 valence electrons. The highest BCUT2D eigenvalue weighted by molar-refractivity contribution is 6.30. The Morgan fingerprint density at radius 3 is 2.44 bits per heavy atom. The van der Waals surface area contributed by atoms with Crippen LogP contribution in [0.3, 0.4) is 0 Å². The fourth-order valence-electron chi connectivity index (χ4n) is 3.20. The van der Waals surface area contributed by atoms with E-state index in [-0.39, 0.29) is 18.0 Å². The highest BCUT2D eigenvalue weighted by Crippen LogP contribution is 2.17. The van der Waals surface area contributed by atoms with Crippen LogP contribution >= 0.6 is 11.6 Å². The van der Waals surface area contributed by atoms with Crippen LogP contribution in [0.2, 0.25) is 5.02 Å². The average molecular weight is 386 g/mol. The number of carbonyl (C=O) groups excluding carboxylic acids is 1. The average Bonchev–Trinajstić information content (AvgIpc) is 3.15. The van der Waals surface area contributed by atoms with Gasteiger partial charge in [-0.3, -0.25) is 23.1 Å². The molecule has 3 aromatic heterocycles. The van der Waals surface area contributed by atoms with Crippen molar-refractivity contribution in [3.8, 4) is 0 Å². The topological polar surface area (TPSA) is 83.3 Å². The largest absolute Gasteiger partial charge is 0.332 e. The Kier molecular flexibility index (Phi) is 3.81. The van der Waals surface area contributed by atoms with Crippen LogP contribution in [0.1, 0.15) is 16.1 Å². The van der Waals surface area contributed by atoms with E-state index in [9.17, 15) is 14.4 Å². The number of hydrogen-bond donors (Lipinski definition) is 0. The standard InChI is InChI=1S/C18H16ClN5O3/c1-10-8-24-14-15(21(2)18(27)22(3)16(14)26)20-17(24)23(10)9-13(25)11-4-6-12(19)7-5-11/h4-8H,9H2,1-3H3. The summed E-state index contributed by atoms with van der Waals surface area (Å²) < 4.78 is 5.72. The van der Waals surface area contributed by atoms with Crippen molar-refractivity contribution in [2.24, 2.45) is 14.1 Å². The molecule has 27 heavy (non-hydrogen) atoms. The first-order valence-electron chi connectivity index (χ1n) is 8.22. The maximum Gasteiger partial charge on any atom is 0.332 e. The van der Waals surface area contributed by atoms with E-state index < -0.39 is 11.2 Å². The highest BCUT2D eigenvalue weighted by Gasteiger charge is 2.20. The molecule has 0 N–H and O–H groups in total. The summed E-state index contributed by atoms with van der Waals surface area (Å²) >= 11 is 5.87. The van der Waals surface area contributed by atoms with Gasteiger partial charge in [0.25, 0.3) is 5.56 Å². The van der Waals surface area contributed by atoms with Gasteiger partial charge in [-0.05, 0) is 31.2 Å². The van der Waals surface area contributed by atoms with E-state index >= 15 is 0 Å². The lowest BCUT2D eigenvalue weighted by molar-refractivity contribution is 0.0972. The lowest BCUT2D eigenvalue weighted by atomic mass is 10.1. The van der Waals surface area contributed by atoms with Crippen molar-refractivity contribution in [1.82, 2.24) is 23.1 Å². The van der Waals surface area contributed by atoms with Gasteiger partial charge in [0, 0.05) is 36.6 Å². The number of aromatic nitrogens is 5. The molecule has 0 amide bonds. The maximum absolute atomic E-state index is 12.7. The van der Waals surface area contributed by atoms with Crippen molar-refractivity contribution < 1.29 is 4.79 Å². The number of nitrogens with zero attached hydrogens (tertiary/aromatic N) is 5. The number of rotatable bonds is 3. The third kappa shape index (κ3) is 2.52. The number of aryl methyl sites for hydroxylation is 2. The molecule has 0 saturated carbocycles. The summed E-state index contributed by atoms with van der Waals surface area (Å²) in [5.41, 5.74) is 1.01. The fourth-order valence-corrected chi connectivity index (χ4v) is 3.32. The van der Waals surface area contributed by atoms with Gasteiger partial charge >= 0.3 is 5.69 Å². The van der Waals surface area contributed by atoms with Gasteiger partial charge in [0.15, 0.2) is 16.9 Å². The molecule has 1 aromatic carbocycles. The second-order valence-corrected chi connectivity index (χ2v) is 6.88. The third-order valence-corrected chi connectivity index (χ3v) is 4.98. The Labute approximate surface area is 157 Å². The highest BCUT2D eigenvalue weighted by atomic mass is 35.5. The number of carbonyl (C=O) groups is 1. The third-order valence-electron chi connectivity index (χ3n) is 4.72. The Balaban J connectivity index is 1.90. The molecule has 0 unspecified atom stereocenters. The second kappa shape index (κ2) is 5.95. The minimum Gasteiger partial charge on any atom is -0.306 e. The quantitative estimate of drug-likeness (QED) is 0.501. The van der Waals surface area contributed by atoms with Crippen molar-refractivity contribution in [3.05, 3.63) is 67.6 Å². The summed E-state index contributed by atoms with van der Waals surface area (Å²) in [6.07, 6.45) is 1.74. The molecule has 3 heterocycles. The van der Waals surface area contributed by atoms with Gasteiger partial charge < -0.3 is 4.57 Å². The maximum atomic E-state index is 12.7. The molecule has 0 aliphatic rings. The van der Waals surface area contributed by atoms with Gasteiger partial charge in [0.05, 0.1) is 6.54 Å². The fraction of sp³-hybridized carbons (Fsp3) is 0.222. The molecule has 4 aromatic rings. The number of hydrogen-bond acceptors (Lipinski definition) is 4. The van der Waals surface area contributed by atoms with Crippen LogP contribution in [0.25, 0.3) is 16.9 Å². The molecule has 0 fully saturated rings. The van der Waals surface area contributed by atoms with Gasteiger partial charge in [0.2, 0.25) is 5.78 Å². The van der Waals surface area contributed by atoms with Crippen molar-refractivity contribution in [2.45, 2.75) is 13.5 Å². The molecular weight excluding hydrogens is 370 g/mol. The number of ketones is 1. The van der Waals surface area contributed by atoms with E-state index in [0.717, 1.165) is 10.3 Å². The molecular formula is C18H16ClN5O3. The van der Waals surface area contributed by atoms with Gasteiger partial charge in [0.1, 0.15) is 0 Å². The summed E-state index contributed by atoms with van der Waals surface area (Å²) in [4.78, 5) is 41.8. The van der Waals surface area contributed by atoms with E-state index in [1.165, 1.54) is 11.6 Å². The van der Waals surface area contributed by atoms with Gasteiger partial charge in [-0.2, -0.15) is 4.98 Å². The monoisotopic (exact) mass is 385 g/mol. The van der Waals surface area contributed by atoms with E-state index in [2.05, 4.69) is 4.98 Å². The summed E-state index contributed by atoms with van der Waals surface area (Å²) in [7, 11) is 2.99. The minimum absolute atomic E-state index is 0.0571. The lowest BCUT2D eigenvalue weighted by Gasteiger charge is -2.05. The van der Waals surface area contributed by atoms with Crippen LogP contribution in [-0.4, -0.2) is 28.9 Å². The van der Waals surface area contributed by atoms with Crippen molar-refractivity contribution in [3.63, 3.8) is 0 Å². The van der Waals surface area contributed by atoms with E-state index in [1.807, 2.05) is 6.92 Å². The van der Waals surface area contributed by atoms with Crippen molar-refractivity contribution in [1.29, 1.82) is 0 Å². The van der Waals surface area contributed by atoms with Crippen molar-refractivity contribution in [2.75, 3.05) is 0 Å². The Hall–Kier alpha value is -3.13. The Bertz CT molecular complexity index is 1340. The molecule has 0 aliphatic heterocycles. The summed E-state index contributed by atoms with van der Waals surface area (Å²) in [6, 6.07) is 6.66. The molecule has 0 spiro atoms. The summed E-state index contributed by atoms with van der Waals surface area (Å²) in [5, 5.41) is 0.558. The van der Waals surface area contributed by atoms with Crippen LogP contribution < -0.4 is 11.2 Å². The van der Waals surface area contributed by atoms with Crippen LogP contribution in [-0.2, 0) is 20.6 Å². The SMILES string of the molecule is Cc1cn2c3c(=O)n(C)c(=O)n(C)c3nc2n1CC(=O)c1ccc(Cl)cc1. The van der Waals surface area contributed by atoms with E-state index in [1.54, 1.807) is 46.5 Å². The Morgan fingerprint density at radius 2 is 1.78 bits per heavy atom. The molecule has 0 atom stereocenters. The van der Waals surface area contributed by atoms with Gasteiger partial charge in [-0.25, -0.2) is 4.79 Å². The smallest absolute Gasteiger partial charge is 0.306 e. The van der Waals surface area contributed by atoms with E-state index in [4.69, 9.17) is 11.6 Å². The number of imidazole rings is 2. The zero-order valence-electron chi connectivity index (χ0n) is 14.9. The normalized spacial score (nSPS) is 11.6. The minimum atomic E-state index is -0.450. The van der Waals surface area contributed by atoms with Crippen LogP contribution in [0, 0.1) is 6.92 Å². The van der Waals surface area contributed by atoms with Gasteiger partial charge in [-0.15, -0.1) is 0 Å². The van der Waals surface area contributed by atoms with E-state index in [0.29, 0.717) is 21.9 Å². The van der Waals surface area contributed by atoms with Crippen LogP contribution in [0.5, 0.6) is 0 Å². The first-order chi connectivity index (χ1) is 12.8. The number of Topliss-reactive ketones (excluding diaryl/α,β-unsaturated/α-hetero) is 1. The zero-order valence-corrected chi connectivity index (χ0v) is 15.7. The molecule has 0 bridgehead atoms. The second-order valence-electron chi connectivity index (χ2n) is 6.45. The lowest BCUT2D eigenvalue weighted by Crippen LogP contribution is -2.37. The molecule has 0 aliphatic carbocycles. The number of benzene rings is 1. The molecule has 0 saturated heterocycles. The molecule has 4 rings (SSSR count). The number of fused-ring (bicyclic) bond motifs is 3. The number of halogens is 1. The zero-order chi connectivity index (χ0) is 19.5. The first-order valence-corrected chi connectivity index (χ1v) is 8.60. The van der Waals surface area contributed by atoms with Gasteiger partial charge in [-0.1, -0.05) is 11.6 Å². The predicted octanol–water partition coefficient (Wildman–Crippen LogP) is 1.53.